The third-order valence-electron chi connectivity index (χ3n) is 6.72. The van der Waals surface area contributed by atoms with Crippen molar-refractivity contribution < 1.29 is 9.47 Å². The van der Waals surface area contributed by atoms with Crippen LogP contribution in [0.2, 0.25) is 0 Å². The van der Waals surface area contributed by atoms with Crippen molar-refractivity contribution in [3.05, 3.63) is 54.9 Å². The Morgan fingerprint density at radius 3 is 2.87 bits per heavy atom. The predicted octanol–water partition coefficient (Wildman–Crippen LogP) is 3.38. The molecule has 4 aromatic heterocycles. The zero-order valence-electron chi connectivity index (χ0n) is 17.7. The molecule has 0 unspecified atom stereocenters. The van der Waals surface area contributed by atoms with E-state index in [-0.39, 0.29) is 18.2 Å². The summed E-state index contributed by atoms with van der Waals surface area (Å²) in [6.07, 6.45) is 12.5. The first-order chi connectivity index (χ1) is 15.0. The van der Waals surface area contributed by atoms with Crippen LogP contribution in [0.25, 0.3) is 16.7 Å². The quantitative estimate of drug-likeness (QED) is 0.546. The van der Waals surface area contributed by atoms with Crippen molar-refractivity contribution in [2.24, 2.45) is 5.92 Å². The van der Waals surface area contributed by atoms with Crippen LogP contribution in [-0.2, 0) is 15.9 Å². The summed E-state index contributed by atoms with van der Waals surface area (Å²) in [6.45, 7) is 4.00. The second-order valence-corrected chi connectivity index (χ2v) is 9.11. The Bertz CT molecular complexity index is 1260. The third-order valence-corrected chi connectivity index (χ3v) is 6.72. The van der Waals surface area contributed by atoms with Crippen LogP contribution < -0.4 is 5.73 Å². The number of hydrogen-bond donors (Lipinski definition) is 1. The van der Waals surface area contributed by atoms with E-state index in [0.717, 1.165) is 35.9 Å². The normalized spacial score (nSPS) is 27.3. The van der Waals surface area contributed by atoms with Gasteiger partial charge in [0.1, 0.15) is 29.5 Å². The Morgan fingerprint density at radius 1 is 1.10 bits per heavy atom. The molecule has 1 saturated heterocycles. The molecule has 0 radical (unpaired) electrons. The van der Waals surface area contributed by atoms with Crippen molar-refractivity contribution in [3.8, 4) is 0 Å². The van der Waals surface area contributed by atoms with Crippen LogP contribution in [0.1, 0.15) is 38.3 Å². The molecule has 2 N–H and O–H groups in total. The summed E-state index contributed by atoms with van der Waals surface area (Å²) in [7, 11) is 0. The number of aromatic nitrogens is 5. The van der Waals surface area contributed by atoms with Crippen LogP contribution in [0.4, 0.5) is 5.82 Å². The molecule has 0 aromatic carbocycles. The number of imidazole rings is 1. The Kier molecular flexibility index (Phi) is 4.10. The van der Waals surface area contributed by atoms with Crippen LogP contribution in [0, 0.1) is 5.92 Å². The highest BCUT2D eigenvalue weighted by molar-refractivity contribution is 5.86. The molecule has 5 heterocycles. The molecule has 6 rings (SSSR count). The Labute approximate surface area is 180 Å². The minimum absolute atomic E-state index is 0.0124. The molecular formula is C23H26N6O2. The van der Waals surface area contributed by atoms with Gasteiger partial charge < -0.3 is 24.2 Å². The van der Waals surface area contributed by atoms with Gasteiger partial charge in [0.2, 0.25) is 0 Å². The number of anilines is 1. The maximum atomic E-state index is 6.39. The van der Waals surface area contributed by atoms with E-state index in [9.17, 15) is 0 Å². The van der Waals surface area contributed by atoms with E-state index in [1.807, 2.05) is 36.7 Å². The number of fused-ring (bicyclic) bond motifs is 3. The molecule has 0 amide bonds. The Morgan fingerprint density at radius 2 is 1.97 bits per heavy atom. The molecule has 0 bridgehead atoms. The largest absolute Gasteiger partial charge is 0.383 e. The fraction of sp³-hybridized carbons (Fsp3) is 0.435. The van der Waals surface area contributed by atoms with Gasteiger partial charge in [0.25, 0.3) is 0 Å². The molecule has 31 heavy (non-hydrogen) atoms. The van der Waals surface area contributed by atoms with Gasteiger partial charge in [0, 0.05) is 24.8 Å². The third kappa shape index (κ3) is 3.09. The van der Waals surface area contributed by atoms with Gasteiger partial charge in [-0.05, 0) is 62.8 Å². The van der Waals surface area contributed by atoms with Crippen LogP contribution in [0.3, 0.4) is 0 Å². The smallest absolute Gasteiger partial charge is 0.163 e. The van der Waals surface area contributed by atoms with Gasteiger partial charge in [0.05, 0.1) is 17.5 Å². The van der Waals surface area contributed by atoms with Crippen molar-refractivity contribution in [2.45, 2.75) is 57.1 Å². The van der Waals surface area contributed by atoms with Gasteiger partial charge in [-0.1, -0.05) is 0 Å². The number of nitrogen functional groups attached to an aromatic ring is 1. The molecule has 0 spiro atoms. The lowest BCUT2D eigenvalue weighted by atomic mass is 9.96. The highest BCUT2D eigenvalue weighted by Gasteiger charge is 2.54. The van der Waals surface area contributed by atoms with E-state index < -0.39 is 5.79 Å². The van der Waals surface area contributed by atoms with Crippen LogP contribution in [-0.4, -0.2) is 41.9 Å². The van der Waals surface area contributed by atoms with E-state index >= 15 is 0 Å². The fourth-order valence-electron chi connectivity index (χ4n) is 5.33. The first kappa shape index (κ1) is 18.8. The molecule has 4 atom stereocenters. The zero-order valence-corrected chi connectivity index (χ0v) is 17.7. The van der Waals surface area contributed by atoms with E-state index in [4.69, 9.17) is 15.2 Å². The van der Waals surface area contributed by atoms with Crippen LogP contribution in [0.5, 0.6) is 0 Å². The number of rotatable bonds is 4. The molecule has 1 aliphatic heterocycles. The molecule has 160 valence electrons. The highest BCUT2D eigenvalue weighted by Crippen LogP contribution is 2.49. The van der Waals surface area contributed by atoms with Gasteiger partial charge in [0.15, 0.2) is 5.79 Å². The standard InChI is InChI=1S/C23H26N6O2/c1-23(2)30-19-15(4-3-14-5-8-28-10-7-25-18(28)11-14)12-17(20(19)31-23)29-9-6-16-21(24)26-13-27-22(16)29/h5-11,13,15,17,19-20H,3-4,12H2,1-2H3,(H2,24,26,27)/t15-,17+,19+,20-/m0/s1. The van der Waals surface area contributed by atoms with E-state index in [1.165, 1.54) is 11.9 Å². The SMILES string of the molecule is CC1(C)O[C@@H]2[C@@H](CCc3ccn4ccnc4c3)C[C@@H](n3ccc4c(N)ncnc43)[C@@H]2O1. The molecular weight excluding hydrogens is 392 g/mol. The molecule has 8 nitrogen and oxygen atoms in total. The van der Waals surface area contributed by atoms with Crippen molar-refractivity contribution >= 4 is 22.5 Å². The number of hydrogen-bond acceptors (Lipinski definition) is 6. The summed E-state index contributed by atoms with van der Waals surface area (Å²) in [5.41, 5.74) is 9.20. The first-order valence-electron chi connectivity index (χ1n) is 10.8. The highest BCUT2D eigenvalue weighted by atomic mass is 16.8. The molecule has 8 heteroatoms. The maximum Gasteiger partial charge on any atom is 0.163 e. The van der Waals surface area contributed by atoms with Crippen LogP contribution in [0.15, 0.2) is 49.3 Å². The maximum absolute atomic E-state index is 6.39. The number of pyridine rings is 1. The van der Waals surface area contributed by atoms with E-state index in [1.54, 1.807) is 0 Å². The Balaban J connectivity index is 1.28. The van der Waals surface area contributed by atoms with Crippen molar-refractivity contribution in [2.75, 3.05) is 5.73 Å². The van der Waals surface area contributed by atoms with Gasteiger partial charge >= 0.3 is 0 Å². The van der Waals surface area contributed by atoms with Gasteiger partial charge in [-0.15, -0.1) is 0 Å². The molecule has 2 aliphatic rings. The lowest BCUT2D eigenvalue weighted by Gasteiger charge is -2.24. The lowest BCUT2D eigenvalue weighted by molar-refractivity contribution is -0.160. The molecule has 1 saturated carbocycles. The summed E-state index contributed by atoms with van der Waals surface area (Å²) >= 11 is 0. The second-order valence-electron chi connectivity index (χ2n) is 9.11. The van der Waals surface area contributed by atoms with Crippen LogP contribution >= 0.6 is 0 Å². The number of aryl methyl sites for hydroxylation is 1. The first-order valence-corrected chi connectivity index (χ1v) is 10.8. The van der Waals surface area contributed by atoms with Gasteiger partial charge in [-0.3, -0.25) is 0 Å². The van der Waals surface area contributed by atoms with Crippen molar-refractivity contribution in [3.63, 3.8) is 0 Å². The molecule has 4 aromatic rings. The summed E-state index contributed by atoms with van der Waals surface area (Å²) in [5, 5.41) is 0.883. The van der Waals surface area contributed by atoms with Crippen molar-refractivity contribution in [1.82, 2.24) is 23.9 Å². The Hall–Kier alpha value is -2.97. The zero-order chi connectivity index (χ0) is 21.2. The lowest BCUT2D eigenvalue weighted by Crippen LogP contribution is -2.27. The topological polar surface area (TPSA) is 92.5 Å². The number of nitrogens with two attached hydrogens (primary N) is 1. The number of nitrogens with zero attached hydrogens (tertiary/aromatic N) is 5. The average molecular weight is 419 g/mol. The van der Waals surface area contributed by atoms with Gasteiger partial charge in [-0.25, -0.2) is 15.0 Å². The monoisotopic (exact) mass is 418 g/mol. The minimum atomic E-state index is -0.585. The second kappa shape index (κ2) is 6.77. The summed E-state index contributed by atoms with van der Waals surface area (Å²) in [4.78, 5) is 13.0. The van der Waals surface area contributed by atoms with Crippen molar-refractivity contribution in [1.29, 1.82) is 0 Å². The fourth-order valence-corrected chi connectivity index (χ4v) is 5.33. The van der Waals surface area contributed by atoms with Gasteiger partial charge in [-0.2, -0.15) is 0 Å². The number of ether oxygens (including phenoxy) is 2. The predicted molar refractivity (Wildman–Crippen MR) is 116 cm³/mol. The molecule has 1 aliphatic carbocycles. The summed E-state index contributed by atoms with van der Waals surface area (Å²) in [5.74, 6) is 0.315. The summed E-state index contributed by atoms with van der Waals surface area (Å²) < 4.78 is 17.0. The molecule has 2 fully saturated rings. The average Bonchev–Trinajstić information content (AvgIpc) is 3.49. The summed E-state index contributed by atoms with van der Waals surface area (Å²) in [6, 6.07) is 6.48. The van der Waals surface area contributed by atoms with E-state index in [0.29, 0.717) is 11.7 Å². The van der Waals surface area contributed by atoms with E-state index in [2.05, 4.69) is 44.0 Å². The minimum Gasteiger partial charge on any atom is -0.383 e.